The highest BCUT2D eigenvalue weighted by atomic mass is 32.2. The van der Waals surface area contributed by atoms with Crippen LogP contribution in [0.5, 0.6) is 5.75 Å². The lowest BCUT2D eigenvalue weighted by Crippen LogP contribution is -2.47. The monoisotopic (exact) mass is 434 g/mol. The first-order chi connectivity index (χ1) is 14.1. The molecule has 1 atom stereocenters. The van der Waals surface area contributed by atoms with Gasteiger partial charge in [0.25, 0.3) is 0 Å². The van der Waals surface area contributed by atoms with E-state index in [2.05, 4.69) is 5.32 Å². The van der Waals surface area contributed by atoms with Crippen molar-refractivity contribution in [1.82, 2.24) is 0 Å². The summed E-state index contributed by atoms with van der Waals surface area (Å²) >= 11 is 0. The Bertz CT molecular complexity index is 1040. The number of hydrogen-bond acceptors (Lipinski definition) is 6. The van der Waals surface area contributed by atoms with Crippen LogP contribution in [0.2, 0.25) is 0 Å². The van der Waals surface area contributed by atoms with E-state index in [-0.39, 0.29) is 6.42 Å². The first-order valence-corrected chi connectivity index (χ1v) is 11.1. The highest BCUT2D eigenvalue weighted by Gasteiger charge is 2.32. The van der Waals surface area contributed by atoms with Gasteiger partial charge in [0.2, 0.25) is 15.9 Å². The van der Waals surface area contributed by atoms with E-state index in [0.29, 0.717) is 28.3 Å². The summed E-state index contributed by atoms with van der Waals surface area (Å²) in [7, 11) is -1.03. The fourth-order valence-corrected chi connectivity index (χ4v) is 4.33. The largest absolute Gasteiger partial charge is 0.497 e. The van der Waals surface area contributed by atoms with Crippen molar-refractivity contribution in [2.45, 2.75) is 26.3 Å². The lowest BCUT2D eigenvalue weighted by Gasteiger charge is -2.30. The summed E-state index contributed by atoms with van der Waals surface area (Å²) in [6.45, 7) is 3.40. The van der Waals surface area contributed by atoms with Gasteiger partial charge in [0.1, 0.15) is 11.8 Å². The van der Waals surface area contributed by atoms with Gasteiger partial charge >= 0.3 is 5.97 Å². The number of benzene rings is 2. The van der Waals surface area contributed by atoms with Gasteiger partial charge in [0, 0.05) is 11.8 Å². The quantitative estimate of drug-likeness (QED) is 0.641. The van der Waals surface area contributed by atoms with E-state index >= 15 is 0 Å². The fraction of sp³-hybridized carbons (Fsp3) is 0.333. The number of carbonyl (C=O) groups is 2. The molecule has 0 radical (unpaired) electrons. The second-order valence-corrected chi connectivity index (χ2v) is 8.50. The van der Waals surface area contributed by atoms with Crippen molar-refractivity contribution in [3.63, 3.8) is 0 Å². The number of carbonyl (C=O) groups excluding carboxylic acids is 2. The Labute approximate surface area is 176 Å². The van der Waals surface area contributed by atoms with Crippen LogP contribution in [0.4, 0.5) is 11.4 Å². The number of ether oxygens (including phenoxy) is 2. The number of methoxy groups -OCH3 is 2. The maximum absolute atomic E-state index is 13.1. The Kier molecular flexibility index (Phi) is 7.44. The molecule has 1 N–H and O–H groups in total. The zero-order chi connectivity index (χ0) is 22.5. The summed E-state index contributed by atoms with van der Waals surface area (Å²) < 4.78 is 36.2. The second kappa shape index (κ2) is 9.62. The number of sulfonamides is 1. The molecule has 8 nitrogen and oxygen atoms in total. The van der Waals surface area contributed by atoms with Gasteiger partial charge in [0.15, 0.2) is 0 Å². The standard InChI is InChI=1S/C21H26N2O6S/c1-6-19(23(30(5,26)27)15-9-7-10-16(13-15)28-3)20(24)22-18-12-8-11-17(14(18)2)21(25)29-4/h7-13,19H,6H2,1-5H3,(H,22,24)/t19-/m0/s1. The first kappa shape index (κ1) is 23.2. The zero-order valence-electron chi connectivity index (χ0n) is 17.6. The van der Waals surface area contributed by atoms with Crippen molar-refractivity contribution < 1.29 is 27.5 Å². The molecule has 1 amide bonds. The molecule has 2 rings (SSSR count). The van der Waals surface area contributed by atoms with Gasteiger partial charge in [-0.05, 0) is 43.2 Å². The van der Waals surface area contributed by atoms with E-state index in [1.54, 1.807) is 56.3 Å². The number of rotatable bonds is 8. The van der Waals surface area contributed by atoms with E-state index in [4.69, 9.17) is 9.47 Å². The lowest BCUT2D eigenvalue weighted by molar-refractivity contribution is -0.117. The molecule has 2 aromatic rings. The van der Waals surface area contributed by atoms with Crippen LogP contribution in [-0.4, -0.2) is 46.8 Å². The predicted octanol–water partition coefficient (Wildman–Crippen LogP) is 2.97. The maximum Gasteiger partial charge on any atom is 0.338 e. The van der Waals surface area contributed by atoms with Crippen LogP contribution in [0.1, 0.15) is 29.3 Å². The second-order valence-electron chi connectivity index (χ2n) is 6.64. The van der Waals surface area contributed by atoms with E-state index in [9.17, 15) is 18.0 Å². The molecule has 0 fully saturated rings. The molecule has 0 unspecified atom stereocenters. The molecule has 0 bridgehead atoms. The van der Waals surface area contributed by atoms with Gasteiger partial charge in [-0.1, -0.05) is 19.1 Å². The highest BCUT2D eigenvalue weighted by molar-refractivity contribution is 7.92. The Hall–Kier alpha value is -3.07. The molecule has 30 heavy (non-hydrogen) atoms. The van der Waals surface area contributed by atoms with Crippen molar-refractivity contribution >= 4 is 33.3 Å². The van der Waals surface area contributed by atoms with Crippen molar-refractivity contribution in [2.75, 3.05) is 30.1 Å². The van der Waals surface area contributed by atoms with Gasteiger partial charge in [-0.15, -0.1) is 0 Å². The number of nitrogens with one attached hydrogen (secondary N) is 1. The Balaban J connectivity index is 2.43. The fourth-order valence-electron chi connectivity index (χ4n) is 3.13. The van der Waals surface area contributed by atoms with Crippen molar-refractivity contribution in [3.8, 4) is 5.75 Å². The van der Waals surface area contributed by atoms with Crippen LogP contribution in [-0.2, 0) is 19.6 Å². The van der Waals surface area contributed by atoms with Gasteiger partial charge in [-0.2, -0.15) is 0 Å². The maximum atomic E-state index is 13.1. The number of anilines is 2. The summed E-state index contributed by atoms with van der Waals surface area (Å²) in [5, 5.41) is 2.75. The van der Waals surface area contributed by atoms with Crippen LogP contribution >= 0.6 is 0 Å². The van der Waals surface area contributed by atoms with Crippen LogP contribution in [0.15, 0.2) is 42.5 Å². The van der Waals surface area contributed by atoms with Gasteiger partial charge in [-0.3, -0.25) is 9.10 Å². The molecule has 2 aromatic carbocycles. The summed E-state index contributed by atoms with van der Waals surface area (Å²) in [5.41, 5.74) is 1.57. The Morgan fingerprint density at radius 3 is 2.37 bits per heavy atom. The SMILES string of the molecule is CC[C@@H](C(=O)Nc1cccc(C(=O)OC)c1C)N(c1cccc(OC)c1)S(C)(=O)=O. The first-order valence-electron chi connectivity index (χ1n) is 9.26. The normalized spacial score (nSPS) is 12.0. The zero-order valence-corrected chi connectivity index (χ0v) is 18.4. The average molecular weight is 435 g/mol. The molecule has 9 heteroatoms. The van der Waals surface area contributed by atoms with E-state index in [1.165, 1.54) is 14.2 Å². The minimum absolute atomic E-state index is 0.228. The van der Waals surface area contributed by atoms with Crippen LogP contribution in [0.25, 0.3) is 0 Å². The lowest BCUT2D eigenvalue weighted by atomic mass is 10.1. The third kappa shape index (κ3) is 5.10. The molecule has 0 saturated heterocycles. The number of amides is 1. The predicted molar refractivity (Wildman–Crippen MR) is 116 cm³/mol. The van der Waals surface area contributed by atoms with E-state index in [0.717, 1.165) is 10.6 Å². The molecule has 0 heterocycles. The van der Waals surface area contributed by atoms with Crippen molar-refractivity contribution in [2.24, 2.45) is 0 Å². The summed E-state index contributed by atoms with van der Waals surface area (Å²) in [5.74, 6) is -0.571. The van der Waals surface area contributed by atoms with Crippen LogP contribution < -0.4 is 14.4 Å². The summed E-state index contributed by atoms with van der Waals surface area (Å²) in [6.07, 6.45) is 1.28. The smallest absolute Gasteiger partial charge is 0.338 e. The summed E-state index contributed by atoms with van der Waals surface area (Å²) in [4.78, 5) is 25.0. The number of nitrogens with zero attached hydrogens (tertiary/aromatic N) is 1. The third-order valence-electron chi connectivity index (χ3n) is 4.63. The summed E-state index contributed by atoms with van der Waals surface area (Å²) in [6, 6.07) is 10.3. The van der Waals surface area contributed by atoms with Gasteiger partial charge in [0.05, 0.1) is 31.7 Å². The van der Waals surface area contributed by atoms with Gasteiger partial charge in [-0.25, -0.2) is 13.2 Å². The molecule has 0 aliphatic carbocycles. The Morgan fingerprint density at radius 2 is 1.80 bits per heavy atom. The average Bonchev–Trinajstić information content (AvgIpc) is 2.71. The highest BCUT2D eigenvalue weighted by Crippen LogP contribution is 2.27. The van der Waals surface area contributed by atoms with Crippen molar-refractivity contribution in [1.29, 1.82) is 0 Å². The molecule has 0 aliphatic rings. The topological polar surface area (TPSA) is 102 Å². The van der Waals surface area contributed by atoms with E-state index in [1.807, 2.05) is 0 Å². The van der Waals surface area contributed by atoms with Crippen LogP contribution in [0, 0.1) is 6.92 Å². The molecule has 0 spiro atoms. The molecular formula is C21H26N2O6S. The van der Waals surface area contributed by atoms with E-state index < -0.39 is 27.9 Å². The molecule has 0 aromatic heterocycles. The number of esters is 1. The van der Waals surface area contributed by atoms with Gasteiger partial charge < -0.3 is 14.8 Å². The molecule has 0 saturated carbocycles. The third-order valence-corrected chi connectivity index (χ3v) is 5.81. The molecule has 162 valence electrons. The van der Waals surface area contributed by atoms with Crippen LogP contribution in [0.3, 0.4) is 0 Å². The van der Waals surface area contributed by atoms with Crippen molar-refractivity contribution in [3.05, 3.63) is 53.6 Å². The minimum Gasteiger partial charge on any atom is -0.497 e. The Morgan fingerprint density at radius 1 is 1.13 bits per heavy atom. The molecule has 0 aliphatic heterocycles. The minimum atomic E-state index is -3.78. The number of hydrogen-bond donors (Lipinski definition) is 1. The molecular weight excluding hydrogens is 408 g/mol.